The Morgan fingerprint density at radius 3 is 2.31 bits per heavy atom. The quantitative estimate of drug-likeness (QED) is 0.694. The fraction of sp³-hybridized carbons (Fsp3) is 0.909. The van der Waals surface area contributed by atoms with Gasteiger partial charge in [0.25, 0.3) is 0 Å². The molecule has 3 unspecified atom stereocenters. The highest BCUT2D eigenvalue weighted by Gasteiger charge is 2.16. The first-order valence-corrected chi connectivity index (χ1v) is 7.13. The lowest BCUT2D eigenvalue weighted by molar-refractivity contribution is -0.119. The zero-order valence-electron chi connectivity index (χ0n) is 10.7. The van der Waals surface area contributed by atoms with Gasteiger partial charge in [0.2, 0.25) is 5.91 Å². The van der Waals surface area contributed by atoms with Crippen molar-refractivity contribution in [3.63, 3.8) is 0 Å². The van der Waals surface area contributed by atoms with Crippen LogP contribution >= 0.6 is 0 Å². The number of carbonyl (C=O) groups excluding carboxylic acids is 1. The van der Waals surface area contributed by atoms with Crippen molar-refractivity contribution < 1.29 is 9.00 Å². The van der Waals surface area contributed by atoms with E-state index in [1.54, 1.807) is 0 Å². The van der Waals surface area contributed by atoms with Crippen LogP contribution in [0.4, 0.5) is 0 Å². The van der Waals surface area contributed by atoms with Crippen LogP contribution in [0.1, 0.15) is 34.1 Å². The normalized spacial score (nSPS) is 16.9. The molecule has 0 radical (unpaired) electrons. The molecule has 3 atom stereocenters. The molecular weight excluding hydrogens is 224 g/mol. The Hall–Kier alpha value is -0.420. The molecule has 0 fully saturated rings. The minimum atomic E-state index is -1.12. The smallest absolute Gasteiger partial charge is 0.232 e. The van der Waals surface area contributed by atoms with Gasteiger partial charge in [-0.3, -0.25) is 9.00 Å². The van der Waals surface area contributed by atoms with Crippen LogP contribution in [0.5, 0.6) is 0 Å². The molecule has 0 aromatic carbocycles. The van der Waals surface area contributed by atoms with E-state index in [2.05, 4.69) is 5.32 Å². The van der Waals surface area contributed by atoms with Crippen molar-refractivity contribution in [3.8, 4) is 0 Å². The van der Waals surface area contributed by atoms with E-state index in [1.807, 2.05) is 27.7 Å². The lowest BCUT2D eigenvalue weighted by Gasteiger charge is -2.18. The van der Waals surface area contributed by atoms with Gasteiger partial charge >= 0.3 is 0 Å². The van der Waals surface area contributed by atoms with Crippen LogP contribution in [0, 0.1) is 5.92 Å². The van der Waals surface area contributed by atoms with Gasteiger partial charge in [-0.2, -0.15) is 0 Å². The summed E-state index contributed by atoms with van der Waals surface area (Å²) < 4.78 is 11.7. The predicted molar refractivity (Wildman–Crippen MR) is 68.6 cm³/mol. The molecule has 0 aliphatic rings. The maximum Gasteiger partial charge on any atom is 0.232 e. The SMILES string of the molecule is CC(C)C(C)NC(=O)CS(=O)C(C)CCN. The summed E-state index contributed by atoms with van der Waals surface area (Å²) in [5.74, 6) is 0.334. The third kappa shape index (κ3) is 6.23. The van der Waals surface area contributed by atoms with Crippen LogP contribution in [-0.2, 0) is 15.6 Å². The number of nitrogens with two attached hydrogens (primary N) is 1. The van der Waals surface area contributed by atoms with Crippen LogP contribution in [0.2, 0.25) is 0 Å². The monoisotopic (exact) mass is 248 g/mol. The van der Waals surface area contributed by atoms with Gasteiger partial charge in [0, 0.05) is 22.1 Å². The molecule has 1 amide bonds. The van der Waals surface area contributed by atoms with Crippen LogP contribution in [0.3, 0.4) is 0 Å². The largest absolute Gasteiger partial charge is 0.353 e. The molecular formula is C11H24N2O2S. The number of hydrogen-bond acceptors (Lipinski definition) is 3. The minimum Gasteiger partial charge on any atom is -0.353 e. The lowest BCUT2D eigenvalue weighted by Crippen LogP contribution is -2.39. The summed E-state index contributed by atoms with van der Waals surface area (Å²) in [6, 6.07) is 0.120. The Morgan fingerprint density at radius 1 is 1.31 bits per heavy atom. The molecule has 16 heavy (non-hydrogen) atoms. The van der Waals surface area contributed by atoms with Crippen LogP contribution in [0.15, 0.2) is 0 Å². The van der Waals surface area contributed by atoms with Crippen LogP contribution in [0.25, 0.3) is 0 Å². The van der Waals surface area contributed by atoms with Crippen molar-refractivity contribution in [2.45, 2.75) is 45.4 Å². The van der Waals surface area contributed by atoms with Crippen LogP contribution < -0.4 is 11.1 Å². The van der Waals surface area contributed by atoms with Crippen molar-refractivity contribution in [2.24, 2.45) is 11.7 Å². The first-order chi connectivity index (χ1) is 7.38. The molecule has 5 heteroatoms. The number of rotatable bonds is 7. The van der Waals surface area contributed by atoms with Crippen molar-refractivity contribution >= 4 is 16.7 Å². The Kier molecular flexibility index (Phi) is 7.58. The fourth-order valence-electron chi connectivity index (χ4n) is 1.10. The molecule has 0 bridgehead atoms. The van der Waals surface area contributed by atoms with Gasteiger partial charge in [0.05, 0.1) is 0 Å². The number of nitrogens with one attached hydrogen (secondary N) is 1. The Labute approximate surface area is 101 Å². The highest BCUT2D eigenvalue weighted by Crippen LogP contribution is 2.02. The van der Waals surface area contributed by atoms with Crippen molar-refractivity contribution in [1.82, 2.24) is 5.32 Å². The van der Waals surface area contributed by atoms with Gasteiger partial charge < -0.3 is 11.1 Å². The summed E-state index contributed by atoms with van der Waals surface area (Å²) in [6.07, 6.45) is 0.694. The van der Waals surface area contributed by atoms with E-state index in [0.29, 0.717) is 18.9 Å². The summed E-state index contributed by atoms with van der Waals surface area (Å²) in [5.41, 5.74) is 5.38. The zero-order valence-corrected chi connectivity index (χ0v) is 11.5. The molecule has 0 aliphatic heterocycles. The second-order valence-electron chi connectivity index (χ2n) is 4.51. The summed E-state index contributed by atoms with van der Waals surface area (Å²) in [4.78, 5) is 11.5. The third-order valence-corrected chi connectivity index (χ3v) is 4.36. The van der Waals surface area contributed by atoms with E-state index >= 15 is 0 Å². The van der Waals surface area contributed by atoms with E-state index in [4.69, 9.17) is 5.73 Å². The van der Waals surface area contributed by atoms with Crippen molar-refractivity contribution in [2.75, 3.05) is 12.3 Å². The average molecular weight is 248 g/mol. The van der Waals surface area contributed by atoms with Gasteiger partial charge in [-0.1, -0.05) is 20.8 Å². The molecule has 0 saturated carbocycles. The third-order valence-electron chi connectivity index (χ3n) is 2.68. The Bertz CT molecular complexity index is 244. The molecule has 0 aromatic rings. The fourth-order valence-corrected chi connectivity index (χ4v) is 2.13. The summed E-state index contributed by atoms with van der Waals surface area (Å²) in [5, 5.41) is 2.83. The van der Waals surface area contributed by atoms with E-state index in [0.717, 1.165) is 0 Å². The number of hydrogen-bond donors (Lipinski definition) is 2. The average Bonchev–Trinajstić information content (AvgIpc) is 2.17. The van der Waals surface area contributed by atoms with Crippen LogP contribution in [-0.4, -0.2) is 33.7 Å². The first-order valence-electron chi connectivity index (χ1n) is 5.75. The molecule has 0 rings (SSSR count). The molecule has 96 valence electrons. The number of amides is 1. The highest BCUT2D eigenvalue weighted by atomic mass is 32.2. The second kappa shape index (κ2) is 7.79. The maximum absolute atomic E-state index is 11.7. The van der Waals surface area contributed by atoms with E-state index < -0.39 is 10.8 Å². The Balaban J connectivity index is 4.00. The molecule has 0 aliphatic carbocycles. The Morgan fingerprint density at radius 2 is 1.88 bits per heavy atom. The lowest BCUT2D eigenvalue weighted by atomic mass is 10.1. The second-order valence-corrected chi connectivity index (χ2v) is 6.37. The maximum atomic E-state index is 11.7. The van der Waals surface area contributed by atoms with Crippen molar-refractivity contribution in [1.29, 1.82) is 0 Å². The minimum absolute atomic E-state index is 0.00916. The summed E-state index contributed by atoms with van der Waals surface area (Å²) in [6.45, 7) is 8.41. The number of carbonyl (C=O) groups is 1. The van der Waals surface area contributed by atoms with Gasteiger partial charge in [0.15, 0.2) is 0 Å². The first kappa shape index (κ1) is 15.6. The zero-order chi connectivity index (χ0) is 12.7. The standard InChI is InChI=1S/C11H24N2O2S/c1-8(2)10(4)13-11(14)7-16(15)9(3)5-6-12/h8-10H,5-7,12H2,1-4H3,(H,13,14). The molecule has 0 spiro atoms. The summed E-state index contributed by atoms with van der Waals surface area (Å²) in [7, 11) is -1.12. The van der Waals surface area contributed by atoms with E-state index in [9.17, 15) is 9.00 Å². The molecule has 0 heterocycles. The highest BCUT2D eigenvalue weighted by molar-refractivity contribution is 7.86. The predicted octanol–water partition coefficient (Wildman–Crippen LogP) is 0.633. The van der Waals surface area contributed by atoms with E-state index in [1.165, 1.54) is 0 Å². The summed E-state index contributed by atoms with van der Waals surface area (Å²) >= 11 is 0. The van der Waals surface area contributed by atoms with E-state index in [-0.39, 0.29) is 23.0 Å². The van der Waals surface area contributed by atoms with Gasteiger partial charge in [-0.25, -0.2) is 0 Å². The molecule has 4 nitrogen and oxygen atoms in total. The van der Waals surface area contributed by atoms with Gasteiger partial charge in [-0.05, 0) is 25.8 Å². The van der Waals surface area contributed by atoms with Crippen molar-refractivity contribution in [3.05, 3.63) is 0 Å². The van der Waals surface area contributed by atoms with Gasteiger partial charge in [-0.15, -0.1) is 0 Å². The molecule has 3 N–H and O–H groups in total. The topological polar surface area (TPSA) is 72.2 Å². The van der Waals surface area contributed by atoms with Gasteiger partial charge in [0.1, 0.15) is 5.75 Å². The molecule has 0 aromatic heterocycles. The molecule has 0 saturated heterocycles.